The summed E-state index contributed by atoms with van der Waals surface area (Å²) in [6.07, 6.45) is -4.13. The van der Waals surface area contributed by atoms with Crippen LogP contribution in [-0.4, -0.2) is 18.6 Å². The van der Waals surface area contributed by atoms with Crippen LogP contribution in [0.4, 0.5) is 13.2 Å². The van der Waals surface area contributed by atoms with Crippen molar-refractivity contribution >= 4 is 5.91 Å². The maximum absolute atomic E-state index is 11.4. The van der Waals surface area contributed by atoms with Crippen molar-refractivity contribution < 1.29 is 23.3 Å². The van der Waals surface area contributed by atoms with E-state index in [0.29, 0.717) is 11.7 Å². The second kappa shape index (κ2) is 3.55. The van der Waals surface area contributed by atoms with E-state index in [0.717, 1.165) is 0 Å². The van der Waals surface area contributed by atoms with Gasteiger partial charge in [-0.25, -0.2) is 4.79 Å². The van der Waals surface area contributed by atoms with Gasteiger partial charge in [0.25, 0.3) is 0 Å². The Morgan fingerprint density at radius 2 is 2.00 bits per heavy atom. The summed E-state index contributed by atoms with van der Waals surface area (Å²) in [5.41, 5.74) is 0. The number of hydrogen-bond acceptors (Lipinski definition) is 1. The summed E-state index contributed by atoms with van der Waals surface area (Å²) < 4.78 is 34.2. The van der Waals surface area contributed by atoms with Gasteiger partial charge >= 0.3 is 12.1 Å². The molecule has 0 atom stereocenters. The van der Waals surface area contributed by atoms with Gasteiger partial charge in [0.2, 0.25) is 0 Å². The van der Waals surface area contributed by atoms with E-state index in [9.17, 15) is 18.0 Å². The Morgan fingerprint density at radius 3 is 2.30 bits per heavy atom. The van der Waals surface area contributed by atoms with Crippen LogP contribution in [0.3, 0.4) is 0 Å². The van der Waals surface area contributed by atoms with Gasteiger partial charge in [-0.15, -0.1) is 0 Å². The molecule has 1 amide bonds. The lowest BCUT2D eigenvalue weighted by Crippen LogP contribution is -2.91. The number of halogens is 3. The van der Waals surface area contributed by atoms with Crippen molar-refractivity contribution in [3.05, 3.63) is 0 Å². The third-order valence-corrected chi connectivity index (χ3v) is 0.898. The van der Waals surface area contributed by atoms with Crippen LogP contribution in [0.2, 0.25) is 0 Å². The molecule has 0 aromatic carbocycles. The molecule has 0 heterocycles. The topological polar surface area (TPSA) is 33.7 Å². The second-order valence-corrected chi connectivity index (χ2v) is 1.85. The Morgan fingerprint density at radius 1 is 1.50 bits per heavy atom. The van der Waals surface area contributed by atoms with Gasteiger partial charge in [0.15, 0.2) is 0 Å². The van der Waals surface area contributed by atoms with Gasteiger partial charge < -0.3 is 0 Å². The van der Waals surface area contributed by atoms with Gasteiger partial charge in [-0.1, -0.05) is 6.92 Å². The molecule has 0 spiro atoms. The number of carbonyl (C=O) groups excluding carboxylic acids is 1. The SMILES string of the molecule is CCC[NH2+]C(=O)C(F)(F)F. The molecule has 0 aliphatic heterocycles. The van der Waals surface area contributed by atoms with Crippen molar-refractivity contribution in [2.24, 2.45) is 0 Å². The van der Waals surface area contributed by atoms with Crippen molar-refractivity contribution in [3.8, 4) is 0 Å². The van der Waals surface area contributed by atoms with Crippen molar-refractivity contribution in [3.63, 3.8) is 0 Å². The van der Waals surface area contributed by atoms with Crippen LogP contribution in [0.25, 0.3) is 0 Å². The zero-order chi connectivity index (χ0) is 8.20. The molecule has 5 heteroatoms. The first-order chi connectivity index (χ1) is 4.48. The first-order valence-electron chi connectivity index (χ1n) is 2.93. The molecule has 0 saturated carbocycles. The molecular weight excluding hydrogens is 147 g/mol. The Kier molecular flexibility index (Phi) is 3.35. The third-order valence-electron chi connectivity index (χ3n) is 0.898. The lowest BCUT2D eigenvalue weighted by Gasteiger charge is -2.00. The van der Waals surface area contributed by atoms with Crippen LogP contribution in [0.5, 0.6) is 0 Å². The minimum Gasteiger partial charge on any atom is -0.275 e. The number of carbonyl (C=O) groups is 1. The number of hydrogen-bond donors (Lipinski definition) is 1. The molecule has 0 aromatic heterocycles. The summed E-state index contributed by atoms with van der Waals surface area (Å²) in [6.45, 7) is 1.90. The van der Waals surface area contributed by atoms with Crippen molar-refractivity contribution in [1.82, 2.24) is 0 Å². The number of amides is 1. The molecule has 0 aliphatic carbocycles. The van der Waals surface area contributed by atoms with Crippen molar-refractivity contribution in [1.29, 1.82) is 0 Å². The fourth-order valence-corrected chi connectivity index (χ4v) is 0.391. The third kappa shape index (κ3) is 3.45. The minimum atomic E-state index is -4.69. The Balaban J connectivity index is 3.64. The van der Waals surface area contributed by atoms with E-state index in [1.165, 1.54) is 0 Å². The van der Waals surface area contributed by atoms with Gasteiger partial charge in [0.1, 0.15) is 0 Å². The molecule has 0 aromatic rings. The van der Waals surface area contributed by atoms with E-state index in [1.807, 2.05) is 0 Å². The average Bonchev–Trinajstić information content (AvgIpc) is 1.80. The molecule has 0 rings (SSSR count). The fourth-order valence-electron chi connectivity index (χ4n) is 0.391. The molecule has 0 bridgehead atoms. The largest absolute Gasteiger partial charge is 0.509 e. The van der Waals surface area contributed by atoms with Crippen LogP contribution in [0, 0.1) is 0 Å². The quantitative estimate of drug-likeness (QED) is 0.602. The number of rotatable bonds is 2. The molecular formula is C5H9F3NO+. The highest BCUT2D eigenvalue weighted by Crippen LogP contribution is 2.11. The van der Waals surface area contributed by atoms with Crippen LogP contribution in [0.15, 0.2) is 0 Å². The van der Waals surface area contributed by atoms with Gasteiger partial charge in [-0.05, 0) is 6.42 Å². The molecule has 0 aliphatic rings. The summed E-state index contributed by atoms with van der Waals surface area (Å²) in [5.74, 6) is -1.74. The molecule has 2 N–H and O–H groups in total. The summed E-state index contributed by atoms with van der Waals surface area (Å²) in [4.78, 5) is 10.0. The first kappa shape index (κ1) is 9.42. The monoisotopic (exact) mass is 156 g/mol. The van der Waals surface area contributed by atoms with Crippen LogP contribution in [-0.2, 0) is 4.79 Å². The highest BCUT2D eigenvalue weighted by atomic mass is 19.4. The van der Waals surface area contributed by atoms with Gasteiger partial charge in [0, 0.05) is 0 Å². The van der Waals surface area contributed by atoms with E-state index in [4.69, 9.17) is 0 Å². The highest BCUT2D eigenvalue weighted by molar-refractivity contribution is 5.71. The Bertz CT molecular complexity index is 121. The van der Waals surface area contributed by atoms with Crippen LogP contribution >= 0.6 is 0 Å². The number of alkyl halides is 3. The Labute approximate surface area is 56.4 Å². The normalized spacial score (nSPS) is 11.6. The zero-order valence-electron chi connectivity index (χ0n) is 5.53. The van der Waals surface area contributed by atoms with E-state index >= 15 is 0 Å². The number of quaternary nitrogens is 1. The molecule has 0 radical (unpaired) electrons. The minimum absolute atomic E-state index is 0.193. The van der Waals surface area contributed by atoms with Crippen molar-refractivity contribution in [2.75, 3.05) is 6.54 Å². The van der Waals surface area contributed by atoms with Gasteiger partial charge in [-0.2, -0.15) is 13.2 Å². The Hall–Kier alpha value is -0.580. The molecule has 0 saturated heterocycles. The standard InChI is InChI=1S/C5H8F3NO/c1-2-3-9-4(10)5(6,7)8/h2-3H2,1H3,(H,9,10)/p+1. The van der Waals surface area contributed by atoms with E-state index in [-0.39, 0.29) is 6.54 Å². The molecule has 10 heavy (non-hydrogen) atoms. The molecule has 0 fully saturated rings. The smallest absolute Gasteiger partial charge is 0.275 e. The first-order valence-corrected chi connectivity index (χ1v) is 2.93. The predicted molar refractivity (Wildman–Crippen MR) is 28.1 cm³/mol. The van der Waals surface area contributed by atoms with Crippen molar-refractivity contribution in [2.45, 2.75) is 19.5 Å². The fraction of sp³-hybridized carbons (Fsp3) is 0.800. The van der Waals surface area contributed by atoms with Gasteiger partial charge in [0.05, 0.1) is 6.54 Å². The molecule has 60 valence electrons. The zero-order valence-corrected chi connectivity index (χ0v) is 5.53. The predicted octanol–water partition coefficient (Wildman–Crippen LogP) is 0.0487. The number of nitrogens with two attached hydrogens (primary N) is 1. The maximum Gasteiger partial charge on any atom is 0.509 e. The van der Waals surface area contributed by atoms with E-state index in [2.05, 4.69) is 0 Å². The summed E-state index contributed by atoms with van der Waals surface area (Å²) in [7, 11) is 0. The maximum atomic E-state index is 11.4. The van der Waals surface area contributed by atoms with Crippen LogP contribution < -0.4 is 5.32 Å². The molecule has 0 unspecified atom stereocenters. The van der Waals surface area contributed by atoms with E-state index in [1.54, 1.807) is 6.92 Å². The highest BCUT2D eigenvalue weighted by Gasteiger charge is 2.42. The second-order valence-electron chi connectivity index (χ2n) is 1.85. The van der Waals surface area contributed by atoms with Crippen LogP contribution in [0.1, 0.15) is 13.3 Å². The molecule has 2 nitrogen and oxygen atoms in total. The lowest BCUT2D eigenvalue weighted by atomic mass is 10.4. The average molecular weight is 156 g/mol. The lowest BCUT2D eigenvalue weighted by molar-refractivity contribution is -0.581. The van der Waals surface area contributed by atoms with Gasteiger partial charge in [-0.3, -0.25) is 5.32 Å². The summed E-state index contributed by atoms with van der Waals surface area (Å²) in [6, 6.07) is 0. The summed E-state index contributed by atoms with van der Waals surface area (Å²) in [5, 5.41) is 0.667. The summed E-state index contributed by atoms with van der Waals surface area (Å²) >= 11 is 0. The number of primary amides is 1. The van der Waals surface area contributed by atoms with E-state index < -0.39 is 12.1 Å².